The zero-order valence-corrected chi connectivity index (χ0v) is 23.5. The van der Waals surface area contributed by atoms with Crippen molar-refractivity contribution in [3.05, 3.63) is 52.3 Å². The summed E-state index contributed by atoms with van der Waals surface area (Å²) in [5.41, 5.74) is 3.85. The lowest BCUT2D eigenvalue weighted by Gasteiger charge is -2.50. The SMILES string of the molecule is CN(C)c1cc(-c2ccc3c(c2)OCO3)c(O)c2c1C[C@@H]1C[C@@H]3[C@@H](N(C)C)C(=O)C(C(N)=O)=C(O)[C@]3(O)C(=O)C1=C2O. The summed E-state index contributed by atoms with van der Waals surface area (Å²) in [4.78, 5) is 42.9. The maximum Gasteiger partial charge on any atom is 0.255 e. The van der Waals surface area contributed by atoms with Gasteiger partial charge < -0.3 is 40.5 Å². The fourth-order valence-corrected chi connectivity index (χ4v) is 6.97. The van der Waals surface area contributed by atoms with E-state index in [1.54, 1.807) is 38.4 Å². The van der Waals surface area contributed by atoms with Crippen molar-refractivity contribution in [2.75, 3.05) is 39.9 Å². The van der Waals surface area contributed by atoms with Crippen LogP contribution >= 0.6 is 0 Å². The van der Waals surface area contributed by atoms with Gasteiger partial charge in [-0.25, -0.2) is 0 Å². The van der Waals surface area contributed by atoms with Crippen LogP contribution < -0.4 is 20.1 Å². The molecule has 0 aromatic heterocycles. The molecule has 4 atom stereocenters. The number of phenolic OH excluding ortho intramolecular Hbond substituents is 1. The van der Waals surface area contributed by atoms with E-state index in [9.17, 15) is 34.8 Å². The molecule has 0 bridgehead atoms. The Balaban J connectivity index is 1.57. The van der Waals surface area contributed by atoms with Gasteiger partial charge in [0.1, 0.15) is 22.8 Å². The maximum absolute atomic E-state index is 14.1. The van der Waals surface area contributed by atoms with Crippen LogP contribution in [0.4, 0.5) is 5.69 Å². The van der Waals surface area contributed by atoms with Crippen molar-refractivity contribution in [3.8, 4) is 28.4 Å². The van der Waals surface area contributed by atoms with Gasteiger partial charge in [-0.3, -0.25) is 19.3 Å². The lowest BCUT2D eigenvalue weighted by molar-refractivity contribution is -0.153. The van der Waals surface area contributed by atoms with Crippen LogP contribution in [-0.2, 0) is 20.8 Å². The van der Waals surface area contributed by atoms with Crippen molar-refractivity contribution in [1.29, 1.82) is 0 Å². The van der Waals surface area contributed by atoms with Crippen molar-refractivity contribution in [1.82, 2.24) is 4.90 Å². The van der Waals surface area contributed by atoms with Crippen LogP contribution in [0.3, 0.4) is 0 Å². The molecule has 0 saturated heterocycles. The molecule has 1 heterocycles. The highest BCUT2D eigenvalue weighted by atomic mass is 16.7. The monoisotopic (exact) mass is 577 g/mol. The molecule has 1 aliphatic heterocycles. The average Bonchev–Trinajstić information content (AvgIpc) is 3.38. The molecule has 0 spiro atoms. The minimum Gasteiger partial charge on any atom is -0.508 e. The molecule has 1 fully saturated rings. The number of ketones is 2. The number of benzene rings is 2. The number of ether oxygens (including phenoxy) is 2. The number of aliphatic hydroxyl groups excluding tert-OH is 2. The molecule has 12 heteroatoms. The molecule has 2 aromatic rings. The van der Waals surface area contributed by atoms with Crippen LogP contribution in [0, 0.1) is 11.8 Å². The first kappa shape index (κ1) is 27.6. The second-order valence-corrected chi connectivity index (χ2v) is 11.6. The molecule has 42 heavy (non-hydrogen) atoms. The van der Waals surface area contributed by atoms with E-state index in [2.05, 4.69) is 0 Å². The Morgan fingerprint density at radius 3 is 2.38 bits per heavy atom. The molecular weight excluding hydrogens is 546 g/mol. The quantitative estimate of drug-likeness (QED) is 0.331. The number of carbonyl (C=O) groups excluding carboxylic acids is 3. The zero-order chi connectivity index (χ0) is 30.4. The highest BCUT2D eigenvalue weighted by molar-refractivity contribution is 6.24. The number of rotatable bonds is 4. The number of aliphatic hydroxyl groups is 3. The van der Waals surface area contributed by atoms with E-state index in [1.165, 1.54) is 4.90 Å². The highest BCUT2D eigenvalue weighted by Gasteiger charge is 2.64. The molecule has 6 rings (SSSR count). The van der Waals surface area contributed by atoms with E-state index in [4.69, 9.17) is 15.2 Å². The van der Waals surface area contributed by atoms with Gasteiger partial charge in [0.2, 0.25) is 12.6 Å². The molecule has 6 N–H and O–H groups in total. The number of hydrogen-bond acceptors (Lipinski definition) is 11. The largest absolute Gasteiger partial charge is 0.508 e. The molecular formula is C30H31N3O9. The second kappa shape index (κ2) is 9.23. The number of nitrogens with two attached hydrogens (primary N) is 1. The molecule has 220 valence electrons. The number of phenols is 1. The predicted molar refractivity (Wildman–Crippen MR) is 150 cm³/mol. The third-order valence-corrected chi connectivity index (χ3v) is 8.86. The van der Waals surface area contributed by atoms with Gasteiger partial charge in [-0.2, -0.15) is 0 Å². The summed E-state index contributed by atoms with van der Waals surface area (Å²) in [6, 6.07) is 5.78. The van der Waals surface area contributed by atoms with E-state index >= 15 is 0 Å². The highest BCUT2D eigenvalue weighted by Crippen LogP contribution is 2.55. The van der Waals surface area contributed by atoms with Crippen LogP contribution in [0.1, 0.15) is 17.5 Å². The summed E-state index contributed by atoms with van der Waals surface area (Å²) >= 11 is 0. The fraction of sp³-hybridized carbons (Fsp3) is 0.367. The van der Waals surface area contributed by atoms with Crippen molar-refractivity contribution in [2.45, 2.75) is 24.5 Å². The molecule has 3 aliphatic carbocycles. The summed E-state index contributed by atoms with van der Waals surface area (Å²) < 4.78 is 10.9. The van der Waals surface area contributed by atoms with E-state index in [0.717, 1.165) is 0 Å². The van der Waals surface area contributed by atoms with Crippen LogP contribution in [0.25, 0.3) is 16.9 Å². The van der Waals surface area contributed by atoms with Gasteiger partial charge in [-0.15, -0.1) is 0 Å². The van der Waals surface area contributed by atoms with E-state index in [0.29, 0.717) is 33.9 Å². The lowest BCUT2D eigenvalue weighted by Crippen LogP contribution is -2.65. The van der Waals surface area contributed by atoms with Crippen LogP contribution in [0.15, 0.2) is 41.2 Å². The Hall–Kier alpha value is -4.55. The Morgan fingerprint density at radius 2 is 1.74 bits per heavy atom. The first-order chi connectivity index (χ1) is 19.8. The van der Waals surface area contributed by atoms with E-state index in [1.807, 2.05) is 19.0 Å². The molecule has 1 amide bonds. The average molecular weight is 578 g/mol. The van der Waals surface area contributed by atoms with Gasteiger partial charge in [0.25, 0.3) is 5.91 Å². The number of aromatic hydroxyl groups is 1. The van der Waals surface area contributed by atoms with Gasteiger partial charge in [0.05, 0.1) is 11.6 Å². The second-order valence-electron chi connectivity index (χ2n) is 11.6. The summed E-state index contributed by atoms with van der Waals surface area (Å²) in [6.07, 6.45) is 0.209. The molecule has 12 nitrogen and oxygen atoms in total. The normalized spacial score (nSPS) is 26.3. The Kier molecular flexibility index (Phi) is 6.07. The van der Waals surface area contributed by atoms with Gasteiger partial charge >= 0.3 is 0 Å². The number of likely N-dealkylation sites (N-methyl/N-ethyl adjacent to an activating group) is 1. The summed E-state index contributed by atoms with van der Waals surface area (Å²) in [5.74, 6) is -5.84. The molecule has 2 aromatic carbocycles. The summed E-state index contributed by atoms with van der Waals surface area (Å²) in [6.45, 7) is 0.0667. The topological polar surface area (TPSA) is 183 Å². The number of hydrogen-bond donors (Lipinski definition) is 5. The van der Waals surface area contributed by atoms with Crippen molar-refractivity contribution in [3.63, 3.8) is 0 Å². The first-order valence-electron chi connectivity index (χ1n) is 13.4. The first-order valence-corrected chi connectivity index (χ1v) is 13.4. The number of amides is 1. The predicted octanol–water partition coefficient (Wildman–Crippen LogP) is 1.43. The molecule has 0 radical (unpaired) electrons. The number of fused-ring (bicyclic) bond motifs is 4. The zero-order valence-electron chi connectivity index (χ0n) is 23.5. The third kappa shape index (κ3) is 3.58. The van der Waals surface area contributed by atoms with Crippen molar-refractivity contribution < 1.29 is 44.3 Å². The molecule has 0 unspecified atom stereocenters. The fourth-order valence-electron chi connectivity index (χ4n) is 6.97. The standard InChI is InChI=1S/C30H31N3O9/c1-32(2)17-10-14(12-5-6-18-19(9-12)42-11-41-18)24(34)21-15(17)7-13-8-16-23(33(3)4)26(36)22(29(31)39)28(38)30(16,40)27(37)20(13)25(21)35/h5-6,9-10,13,16,23,34-35,38,40H,7-8,11H2,1-4H3,(H2,31,39)/t13-,16-,23-,30-/m1/s1. The smallest absolute Gasteiger partial charge is 0.255 e. The minimum atomic E-state index is -2.69. The van der Waals surface area contributed by atoms with Gasteiger partial charge in [0.15, 0.2) is 22.9 Å². The van der Waals surface area contributed by atoms with Gasteiger partial charge in [-0.05, 0) is 62.2 Å². The Bertz CT molecular complexity index is 1660. The number of Topliss-reactive ketones (excluding diaryl/α,β-unsaturated/α-hetero) is 2. The Morgan fingerprint density at radius 1 is 1.05 bits per heavy atom. The molecule has 4 aliphatic rings. The van der Waals surface area contributed by atoms with Crippen LogP contribution in [0.2, 0.25) is 0 Å². The lowest BCUT2D eigenvalue weighted by atomic mass is 9.57. The summed E-state index contributed by atoms with van der Waals surface area (Å²) in [5, 5.41) is 46.1. The summed E-state index contributed by atoms with van der Waals surface area (Å²) in [7, 11) is 6.75. The van der Waals surface area contributed by atoms with Gasteiger partial charge in [-0.1, -0.05) is 6.07 Å². The third-order valence-electron chi connectivity index (χ3n) is 8.86. The van der Waals surface area contributed by atoms with Crippen molar-refractivity contribution >= 4 is 28.9 Å². The van der Waals surface area contributed by atoms with E-state index < -0.39 is 58.0 Å². The minimum absolute atomic E-state index is 0.0172. The number of nitrogens with zero attached hydrogens (tertiary/aromatic N) is 2. The maximum atomic E-state index is 14.1. The molecule has 1 saturated carbocycles. The van der Waals surface area contributed by atoms with Crippen molar-refractivity contribution in [2.24, 2.45) is 17.6 Å². The van der Waals surface area contributed by atoms with Gasteiger partial charge in [0, 0.05) is 36.8 Å². The van der Waals surface area contributed by atoms with Crippen LogP contribution in [-0.4, -0.2) is 89.4 Å². The number of primary amides is 1. The number of carbonyl (C=O) groups is 3. The van der Waals surface area contributed by atoms with Crippen LogP contribution in [0.5, 0.6) is 17.2 Å². The Labute approximate surface area is 240 Å². The number of anilines is 1. The van der Waals surface area contributed by atoms with E-state index in [-0.39, 0.29) is 36.5 Å².